The molecule has 0 bridgehead atoms. The molecule has 3 aromatic rings. The van der Waals surface area contributed by atoms with Crippen molar-refractivity contribution >= 4 is 55.2 Å². The number of rotatable bonds is 6. The SMILES string of the molecule is CN(C)c1nc2sc(C(=O)OCC(=O)NC(=O)NCc3ccccc3)cc2s1. The van der Waals surface area contributed by atoms with Gasteiger partial charge in [0.1, 0.15) is 9.71 Å². The third-order valence-electron chi connectivity index (χ3n) is 3.54. The number of hydrogen-bond donors (Lipinski definition) is 2. The number of hydrogen-bond acceptors (Lipinski definition) is 8. The summed E-state index contributed by atoms with van der Waals surface area (Å²) in [5.41, 5.74) is 0.903. The van der Waals surface area contributed by atoms with Crippen LogP contribution in [0.15, 0.2) is 36.4 Å². The van der Waals surface area contributed by atoms with E-state index >= 15 is 0 Å². The molecule has 28 heavy (non-hydrogen) atoms. The van der Waals surface area contributed by atoms with Crippen molar-refractivity contribution < 1.29 is 19.1 Å². The zero-order chi connectivity index (χ0) is 20.1. The topological polar surface area (TPSA) is 101 Å². The van der Waals surface area contributed by atoms with Gasteiger partial charge in [0, 0.05) is 20.6 Å². The van der Waals surface area contributed by atoms with Crippen molar-refractivity contribution in [3.8, 4) is 0 Å². The first-order valence-corrected chi connectivity index (χ1v) is 9.92. The van der Waals surface area contributed by atoms with E-state index in [4.69, 9.17) is 4.74 Å². The Hall–Kier alpha value is -2.98. The fourth-order valence-corrected chi connectivity index (χ4v) is 4.23. The lowest BCUT2D eigenvalue weighted by Gasteiger charge is -2.07. The molecule has 2 N–H and O–H groups in total. The number of urea groups is 1. The molecule has 0 aliphatic rings. The van der Waals surface area contributed by atoms with Crippen molar-refractivity contribution in [2.45, 2.75) is 6.54 Å². The van der Waals surface area contributed by atoms with Gasteiger partial charge in [-0.15, -0.1) is 11.3 Å². The number of fused-ring (bicyclic) bond motifs is 1. The molecule has 0 spiro atoms. The summed E-state index contributed by atoms with van der Waals surface area (Å²) < 4.78 is 5.86. The number of carbonyl (C=O) groups excluding carboxylic acids is 3. The van der Waals surface area contributed by atoms with Crippen LogP contribution in [-0.4, -0.2) is 43.6 Å². The van der Waals surface area contributed by atoms with E-state index in [0.29, 0.717) is 4.88 Å². The molecule has 0 aliphatic carbocycles. The minimum atomic E-state index is -0.703. The summed E-state index contributed by atoms with van der Waals surface area (Å²) in [6.07, 6.45) is 0. The molecule has 1 aromatic carbocycles. The maximum atomic E-state index is 12.1. The van der Waals surface area contributed by atoms with Gasteiger partial charge in [0.25, 0.3) is 5.91 Å². The van der Waals surface area contributed by atoms with E-state index in [1.165, 1.54) is 22.7 Å². The highest BCUT2D eigenvalue weighted by Crippen LogP contribution is 2.34. The highest BCUT2D eigenvalue weighted by atomic mass is 32.1. The van der Waals surface area contributed by atoms with Gasteiger partial charge in [0.2, 0.25) is 0 Å². The van der Waals surface area contributed by atoms with E-state index in [9.17, 15) is 14.4 Å². The molecule has 0 fully saturated rings. The number of nitrogens with zero attached hydrogens (tertiary/aromatic N) is 2. The summed E-state index contributed by atoms with van der Waals surface area (Å²) in [7, 11) is 3.79. The summed E-state index contributed by atoms with van der Waals surface area (Å²) in [5.74, 6) is -1.33. The molecule has 0 radical (unpaired) electrons. The Morgan fingerprint density at radius 3 is 2.57 bits per heavy atom. The molecule has 8 nitrogen and oxygen atoms in total. The monoisotopic (exact) mass is 418 g/mol. The van der Waals surface area contributed by atoms with E-state index in [0.717, 1.165) is 20.2 Å². The Kier molecular flexibility index (Phi) is 6.22. The molecule has 0 atom stereocenters. The van der Waals surface area contributed by atoms with Crippen LogP contribution in [-0.2, 0) is 16.1 Å². The lowest BCUT2D eigenvalue weighted by molar-refractivity contribution is -0.123. The molecular weight excluding hydrogens is 400 g/mol. The smallest absolute Gasteiger partial charge is 0.348 e. The molecule has 2 aromatic heterocycles. The van der Waals surface area contributed by atoms with Gasteiger partial charge in [0.05, 0.1) is 4.70 Å². The van der Waals surface area contributed by atoms with Gasteiger partial charge in [-0.25, -0.2) is 14.6 Å². The molecule has 0 unspecified atom stereocenters. The largest absolute Gasteiger partial charge is 0.451 e. The number of amides is 3. The highest BCUT2D eigenvalue weighted by Gasteiger charge is 2.17. The first-order valence-electron chi connectivity index (χ1n) is 8.29. The lowest BCUT2D eigenvalue weighted by Crippen LogP contribution is -2.41. The van der Waals surface area contributed by atoms with Crippen molar-refractivity contribution in [3.05, 3.63) is 46.8 Å². The first-order chi connectivity index (χ1) is 13.4. The normalized spacial score (nSPS) is 10.5. The van der Waals surface area contributed by atoms with Crippen LogP contribution in [0.1, 0.15) is 15.2 Å². The Bertz CT molecular complexity index is 966. The maximum Gasteiger partial charge on any atom is 0.348 e. The second kappa shape index (κ2) is 8.81. The van der Waals surface area contributed by atoms with Gasteiger partial charge in [-0.1, -0.05) is 41.7 Å². The van der Waals surface area contributed by atoms with E-state index < -0.39 is 24.5 Å². The predicted molar refractivity (Wildman–Crippen MR) is 109 cm³/mol. The second-order valence-corrected chi connectivity index (χ2v) is 8.00. The van der Waals surface area contributed by atoms with E-state index in [1.54, 1.807) is 6.07 Å². The average molecular weight is 419 g/mol. The Balaban J connectivity index is 1.45. The molecule has 0 saturated carbocycles. The number of benzene rings is 1. The highest BCUT2D eigenvalue weighted by molar-refractivity contribution is 7.29. The van der Waals surface area contributed by atoms with Crippen LogP contribution in [0.2, 0.25) is 0 Å². The number of carbonyl (C=O) groups is 3. The summed E-state index contributed by atoms with van der Waals surface area (Å²) in [4.78, 5) is 43.0. The second-order valence-electron chi connectivity index (χ2n) is 5.96. The van der Waals surface area contributed by atoms with Crippen molar-refractivity contribution in [1.29, 1.82) is 0 Å². The first kappa shape index (κ1) is 19.8. The Labute approximate surface area is 169 Å². The Morgan fingerprint density at radius 1 is 1.14 bits per heavy atom. The number of thiophene rings is 1. The molecule has 2 heterocycles. The van der Waals surface area contributed by atoms with E-state index in [2.05, 4.69) is 15.6 Å². The van der Waals surface area contributed by atoms with Gasteiger partial charge in [0.15, 0.2) is 11.7 Å². The lowest BCUT2D eigenvalue weighted by atomic mass is 10.2. The number of aromatic nitrogens is 1. The van der Waals surface area contributed by atoms with Crippen LogP contribution in [0.3, 0.4) is 0 Å². The van der Waals surface area contributed by atoms with Crippen LogP contribution < -0.4 is 15.5 Å². The molecule has 10 heteroatoms. The Morgan fingerprint density at radius 2 is 1.89 bits per heavy atom. The van der Waals surface area contributed by atoms with Crippen molar-refractivity contribution in [2.75, 3.05) is 25.6 Å². The van der Waals surface area contributed by atoms with Crippen LogP contribution in [0.4, 0.5) is 9.93 Å². The zero-order valence-corrected chi connectivity index (χ0v) is 16.9. The molecule has 3 amide bonds. The number of imide groups is 1. The number of anilines is 1. The third-order valence-corrected chi connectivity index (χ3v) is 5.85. The van der Waals surface area contributed by atoms with Gasteiger partial charge >= 0.3 is 12.0 Å². The number of esters is 1. The van der Waals surface area contributed by atoms with Gasteiger partial charge in [-0.05, 0) is 11.6 Å². The molecular formula is C18H18N4O4S2. The van der Waals surface area contributed by atoms with Crippen LogP contribution >= 0.6 is 22.7 Å². The van der Waals surface area contributed by atoms with E-state index in [1.807, 2.05) is 49.3 Å². The summed E-state index contributed by atoms with van der Waals surface area (Å²) in [6.45, 7) is -0.257. The average Bonchev–Trinajstić information content (AvgIpc) is 3.25. The van der Waals surface area contributed by atoms with Crippen molar-refractivity contribution in [2.24, 2.45) is 0 Å². The quantitative estimate of drug-likeness (QED) is 0.597. The number of ether oxygens (including phenoxy) is 1. The number of thiazole rings is 1. The van der Waals surface area contributed by atoms with Crippen LogP contribution in [0, 0.1) is 0 Å². The van der Waals surface area contributed by atoms with Crippen LogP contribution in [0.25, 0.3) is 9.53 Å². The summed E-state index contributed by atoms with van der Waals surface area (Å²) in [5, 5.41) is 5.53. The van der Waals surface area contributed by atoms with Crippen molar-refractivity contribution in [3.63, 3.8) is 0 Å². The maximum absolute atomic E-state index is 12.1. The minimum absolute atomic E-state index is 0.285. The van der Waals surface area contributed by atoms with Crippen molar-refractivity contribution in [1.82, 2.24) is 15.6 Å². The van der Waals surface area contributed by atoms with Gasteiger partial charge < -0.3 is 15.0 Å². The molecule has 3 rings (SSSR count). The number of nitrogens with one attached hydrogen (secondary N) is 2. The summed E-state index contributed by atoms with van der Waals surface area (Å²) in [6, 6.07) is 10.3. The van der Waals surface area contributed by atoms with Gasteiger partial charge in [-0.3, -0.25) is 10.1 Å². The fourth-order valence-electron chi connectivity index (χ4n) is 2.20. The predicted octanol–water partition coefficient (Wildman–Crippen LogP) is 2.61. The fraction of sp³-hybridized carbons (Fsp3) is 0.222. The van der Waals surface area contributed by atoms with Gasteiger partial charge in [-0.2, -0.15) is 0 Å². The summed E-state index contributed by atoms with van der Waals surface area (Å²) >= 11 is 2.67. The molecule has 0 saturated heterocycles. The molecule has 146 valence electrons. The standard InChI is InChI=1S/C18H18N4O4S2/c1-22(2)18-21-15-12(28-18)8-13(27-15)16(24)26-10-14(23)20-17(25)19-9-11-6-4-3-5-7-11/h3-8H,9-10H2,1-2H3,(H2,19,20,23,25). The van der Waals surface area contributed by atoms with Crippen LogP contribution in [0.5, 0.6) is 0 Å². The third kappa shape index (κ3) is 5.05. The minimum Gasteiger partial charge on any atom is -0.451 e. The zero-order valence-electron chi connectivity index (χ0n) is 15.2. The molecule has 0 aliphatic heterocycles. The van der Waals surface area contributed by atoms with E-state index in [-0.39, 0.29) is 6.54 Å².